The fourth-order valence-corrected chi connectivity index (χ4v) is 2.90. The third-order valence-electron chi connectivity index (χ3n) is 4.27. The number of nitrogens with zero attached hydrogens (tertiary/aromatic N) is 4. The molecular formula is C17H22N4O3. The first kappa shape index (κ1) is 16.4. The standard InChI is InChI=1S/C17H22N4O3/c1-4-13-8-18-17(19-9-13)23-14-6-5-7-21(10-14)16(22)15-11(2)20-24-12(15)3/h8-9,14H,4-7,10H2,1-3H3. The molecule has 7 nitrogen and oxygen atoms in total. The number of likely N-dealkylation sites (tertiary alicyclic amines) is 1. The number of rotatable bonds is 4. The molecule has 1 saturated heterocycles. The summed E-state index contributed by atoms with van der Waals surface area (Å²) in [5.41, 5.74) is 2.25. The van der Waals surface area contributed by atoms with Crippen molar-refractivity contribution in [1.82, 2.24) is 20.0 Å². The summed E-state index contributed by atoms with van der Waals surface area (Å²) in [6, 6.07) is 0.365. The summed E-state index contributed by atoms with van der Waals surface area (Å²) >= 11 is 0. The minimum atomic E-state index is -0.101. The van der Waals surface area contributed by atoms with Crippen LogP contribution in [0.3, 0.4) is 0 Å². The molecule has 0 radical (unpaired) electrons. The lowest BCUT2D eigenvalue weighted by atomic mass is 10.1. The third kappa shape index (κ3) is 3.39. The van der Waals surface area contributed by atoms with Crippen molar-refractivity contribution in [3.05, 3.63) is 35.0 Å². The lowest BCUT2D eigenvalue weighted by molar-refractivity contribution is 0.0513. The first-order valence-corrected chi connectivity index (χ1v) is 8.28. The first-order chi connectivity index (χ1) is 11.6. The number of carbonyl (C=O) groups excluding carboxylic acids is 1. The highest BCUT2D eigenvalue weighted by Gasteiger charge is 2.29. The Morgan fingerprint density at radius 2 is 2.12 bits per heavy atom. The van der Waals surface area contributed by atoms with Gasteiger partial charge in [-0.2, -0.15) is 0 Å². The zero-order chi connectivity index (χ0) is 17.1. The maximum absolute atomic E-state index is 12.7. The molecule has 7 heteroatoms. The summed E-state index contributed by atoms with van der Waals surface area (Å²) in [6.07, 6.45) is 6.10. The van der Waals surface area contributed by atoms with Crippen molar-refractivity contribution in [3.8, 4) is 6.01 Å². The van der Waals surface area contributed by atoms with Crippen LogP contribution in [0.4, 0.5) is 0 Å². The maximum Gasteiger partial charge on any atom is 0.316 e. The van der Waals surface area contributed by atoms with Crippen LogP contribution < -0.4 is 4.74 Å². The number of aromatic nitrogens is 3. The highest BCUT2D eigenvalue weighted by Crippen LogP contribution is 2.20. The van der Waals surface area contributed by atoms with Gasteiger partial charge in [-0.25, -0.2) is 9.97 Å². The molecule has 1 amide bonds. The topological polar surface area (TPSA) is 81.4 Å². The molecule has 0 saturated carbocycles. The van der Waals surface area contributed by atoms with Gasteiger partial charge in [-0.1, -0.05) is 12.1 Å². The van der Waals surface area contributed by atoms with E-state index in [9.17, 15) is 4.79 Å². The van der Waals surface area contributed by atoms with Crippen molar-refractivity contribution in [1.29, 1.82) is 0 Å². The van der Waals surface area contributed by atoms with Crippen molar-refractivity contribution in [2.45, 2.75) is 46.1 Å². The molecule has 3 rings (SSSR count). The van der Waals surface area contributed by atoms with Crippen LogP contribution in [-0.2, 0) is 6.42 Å². The molecule has 0 aliphatic carbocycles. The first-order valence-electron chi connectivity index (χ1n) is 8.28. The van der Waals surface area contributed by atoms with Gasteiger partial charge in [-0.05, 0) is 38.7 Å². The zero-order valence-corrected chi connectivity index (χ0v) is 14.3. The van der Waals surface area contributed by atoms with Crippen LogP contribution in [0.25, 0.3) is 0 Å². The molecule has 1 unspecified atom stereocenters. The summed E-state index contributed by atoms with van der Waals surface area (Å²) in [5.74, 6) is 0.501. The van der Waals surface area contributed by atoms with Crippen LogP contribution in [0, 0.1) is 13.8 Å². The Morgan fingerprint density at radius 3 is 2.75 bits per heavy atom. The molecule has 0 spiro atoms. The minimum Gasteiger partial charge on any atom is -0.458 e. The average molecular weight is 330 g/mol. The molecule has 3 heterocycles. The van der Waals surface area contributed by atoms with Gasteiger partial charge < -0.3 is 14.2 Å². The van der Waals surface area contributed by atoms with Crippen molar-refractivity contribution in [3.63, 3.8) is 0 Å². The fourth-order valence-electron chi connectivity index (χ4n) is 2.90. The van der Waals surface area contributed by atoms with Gasteiger partial charge in [-0.15, -0.1) is 0 Å². The molecule has 24 heavy (non-hydrogen) atoms. The van der Waals surface area contributed by atoms with Crippen LogP contribution in [-0.4, -0.2) is 45.1 Å². The van der Waals surface area contributed by atoms with Crippen LogP contribution in [0.2, 0.25) is 0 Å². The summed E-state index contributed by atoms with van der Waals surface area (Å²) in [7, 11) is 0. The quantitative estimate of drug-likeness (QED) is 0.856. The number of hydrogen-bond acceptors (Lipinski definition) is 6. The van der Waals surface area contributed by atoms with Gasteiger partial charge in [0.15, 0.2) is 0 Å². The van der Waals surface area contributed by atoms with Gasteiger partial charge in [0.1, 0.15) is 17.4 Å². The largest absolute Gasteiger partial charge is 0.458 e. The number of piperidine rings is 1. The van der Waals surface area contributed by atoms with E-state index in [0.717, 1.165) is 24.8 Å². The summed E-state index contributed by atoms with van der Waals surface area (Å²) in [6.45, 7) is 6.82. The smallest absolute Gasteiger partial charge is 0.316 e. The second-order valence-electron chi connectivity index (χ2n) is 6.06. The van der Waals surface area contributed by atoms with Gasteiger partial charge in [0.2, 0.25) is 0 Å². The molecule has 0 bridgehead atoms. The monoisotopic (exact) mass is 330 g/mol. The average Bonchev–Trinajstić information content (AvgIpc) is 2.94. The molecule has 2 aromatic heterocycles. The van der Waals surface area contributed by atoms with E-state index in [0.29, 0.717) is 36.1 Å². The Hall–Kier alpha value is -2.44. The van der Waals surface area contributed by atoms with E-state index >= 15 is 0 Å². The molecule has 1 aliphatic heterocycles. The van der Waals surface area contributed by atoms with Crippen molar-refractivity contribution < 1.29 is 14.1 Å². The third-order valence-corrected chi connectivity index (χ3v) is 4.27. The van der Waals surface area contributed by atoms with E-state index < -0.39 is 0 Å². The van der Waals surface area contributed by atoms with Crippen molar-refractivity contribution in [2.24, 2.45) is 0 Å². The van der Waals surface area contributed by atoms with Gasteiger partial charge in [-0.3, -0.25) is 4.79 Å². The van der Waals surface area contributed by atoms with Gasteiger partial charge >= 0.3 is 6.01 Å². The Morgan fingerprint density at radius 1 is 1.38 bits per heavy atom. The highest BCUT2D eigenvalue weighted by atomic mass is 16.5. The Kier molecular flexibility index (Phi) is 4.78. The molecule has 1 atom stereocenters. The lowest BCUT2D eigenvalue weighted by Gasteiger charge is -2.32. The summed E-state index contributed by atoms with van der Waals surface area (Å²) < 4.78 is 11.0. The predicted molar refractivity (Wildman–Crippen MR) is 86.9 cm³/mol. The maximum atomic E-state index is 12.7. The summed E-state index contributed by atoms with van der Waals surface area (Å²) in [5, 5.41) is 3.86. The summed E-state index contributed by atoms with van der Waals surface area (Å²) in [4.78, 5) is 23.0. The molecule has 128 valence electrons. The zero-order valence-electron chi connectivity index (χ0n) is 14.3. The van der Waals surface area contributed by atoms with Gasteiger partial charge in [0.05, 0.1) is 12.2 Å². The molecular weight excluding hydrogens is 308 g/mol. The molecule has 0 N–H and O–H groups in total. The van der Waals surface area contributed by atoms with Crippen LogP contribution in [0.1, 0.15) is 47.1 Å². The lowest BCUT2D eigenvalue weighted by Crippen LogP contribution is -2.44. The van der Waals surface area contributed by atoms with Crippen molar-refractivity contribution in [2.75, 3.05) is 13.1 Å². The van der Waals surface area contributed by atoms with E-state index in [1.807, 2.05) is 0 Å². The van der Waals surface area contributed by atoms with E-state index in [4.69, 9.17) is 9.26 Å². The Labute approximate surface area is 141 Å². The van der Waals surface area contributed by atoms with Gasteiger partial charge in [0, 0.05) is 18.9 Å². The van der Waals surface area contributed by atoms with Crippen LogP contribution in [0.15, 0.2) is 16.9 Å². The van der Waals surface area contributed by atoms with Crippen molar-refractivity contribution >= 4 is 5.91 Å². The number of ether oxygens (including phenoxy) is 1. The predicted octanol–water partition coefficient (Wildman–Crippen LogP) is 2.33. The van der Waals surface area contributed by atoms with E-state index in [2.05, 4.69) is 22.0 Å². The SMILES string of the molecule is CCc1cnc(OC2CCCN(C(=O)c3c(C)noc3C)C2)nc1. The van der Waals surface area contributed by atoms with Gasteiger partial charge in [0.25, 0.3) is 5.91 Å². The fraction of sp³-hybridized carbons (Fsp3) is 0.529. The van der Waals surface area contributed by atoms with E-state index in [1.165, 1.54) is 0 Å². The number of aryl methyl sites for hydroxylation is 3. The minimum absolute atomic E-state index is 0.0539. The Bertz CT molecular complexity index is 692. The van der Waals surface area contributed by atoms with E-state index in [-0.39, 0.29) is 12.0 Å². The van der Waals surface area contributed by atoms with Crippen LogP contribution in [0.5, 0.6) is 6.01 Å². The molecule has 0 aromatic carbocycles. The molecule has 2 aromatic rings. The number of carbonyl (C=O) groups is 1. The second kappa shape index (κ2) is 6.98. The number of amides is 1. The highest BCUT2D eigenvalue weighted by molar-refractivity contribution is 5.96. The normalized spacial score (nSPS) is 17.8. The number of hydrogen-bond donors (Lipinski definition) is 0. The Balaban J connectivity index is 1.66. The van der Waals surface area contributed by atoms with Crippen LogP contribution >= 0.6 is 0 Å². The molecule has 1 fully saturated rings. The second-order valence-corrected chi connectivity index (χ2v) is 6.06. The van der Waals surface area contributed by atoms with E-state index in [1.54, 1.807) is 31.1 Å². The molecule has 1 aliphatic rings.